The van der Waals surface area contributed by atoms with E-state index in [0.717, 1.165) is 66.5 Å². The molecule has 2 aromatic carbocycles. The zero-order chi connectivity index (χ0) is 22.1. The van der Waals surface area contributed by atoms with Gasteiger partial charge in [0.15, 0.2) is 0 Å². The minimum absolute atomic E-state index is 0.457. The number of nitrogens with two attached hydrogens (primary N) is 1. The molecule has 2 aliphatic rings. The van der Waals surface area contributed by atoms with Gasteiger partial charge in [-0.3, -0.25) is 9.69 Å². The van der Waals surface area contributed by atoms with E-state index < -0.39 is 5.91 Å². The van der Waals surface area contributed by atoms with Crippen LogP contribution < -0.4 is 10.5 Å². The van der Waals surface area contributed by atoms with Gasteiger partial charge >= 0.3 is 0 Å². The molecule has 0 atom stereocenters. The fourth-order valence-corrected chi connectivity index (χ4v) is 4.52. The molecule has 2 heterocycles. The number of ether oxygens (including phenoxy) is 2. The molecule has 0 radical (unpaired) electrons. The van der Waals surface area contributed by atoms with Crippen LogP contribution in [0.1, 0.15) is 21.5 Å². The number of hydrogen-bond donors (Lipinski definition) is 1. The van der Waals surface area contributed by atoms with Crippen LogP contribution in [0.4, 0.5) is 0 Å². The molecular weight excluding hydrogens is 426 g/mol. The summed E-state index contributed by atoms with van der Waals surface area (Å²) in [5.41, 5.74) is 11.5. The number of rotatable bonds is 6. The number of morpholine rings is 1. The van der Waals surface area contributed by atoms with Gasteiger partial charge in [0, 0.05) is 47.8 Å². The van der Waals surface area contributed by atoms with E-state index in [9.17, 15) is 4.79 Å². The van der Waals surface area contributed by atoms with Gasteiger partial charge in [0.1, 0.15) is 12.4 Å². The first-order valence-electron chi connectivity index (χ1n) is 10.7. The van der Waals surface area contributed by atoms with Gasteiger partial charge in [-0.05, 0) is 47.5 Å². The second-order valence-corrected chi connectivity index (χ2v) is 8.49. The summed E-state index contributed by atoms with van der Waals surface area (Å²) >= 11 is 6.16. The molecule has 7 heteroatoms. The van der Waals surface area contributed by atoms with Gasteiger partial charge in [0.05, 0.1) is 24.6 Å². The van der Waals surface area contributed by atoms with Crippen molar-refractivity contribution in [1.82, 2.24) is 9.88 Å². The highest BCUT2D eigenvalue weighted by Crippen LogP contribution is 2.40. The quantitative estimate of drug-likeness (QED) is 0.484. The Labute approximate surface area is 191 Å². The summed E-state index contributed by atoms with van der Waals surface area (Å²) in [4.78, 5) is 19.5. The van der Waals surface area contributed by atoms with E-state index in [4.69, 9.17) is 31.8 Å². The van der Waals surface area contributed by atoms with Crippen molar-refractivity contribution in [2.45, 2.75) is 6.42 Å². The Kier molecular flexibility index (Phi) is 5.83. The molecule has 32 heavy (non-hydrogen) atoms. The van der Waals surface area contributed by atoms with Crippen molar-refractivity contribution in [2.75, 3.05) is 39.5 Å². The average Bonchev–Trinajstić information content (AvgIpc) is 3.17. The van der Waals surface area contributed by atoms with Crippen molar-refractivity contribution >= 4 is 17.5 Å². The van der Waals surface area contributed by atoms with Crippen LogP contribution in [0.25, 0.3) is 22.5 Å². The average molecular weight is 450 g/mol. The zero-order valence-corrected chi connectivity index (χ0v) is 18.4. The maximum absolute atomic E-state index is 12.3. The number of carbonyl (C=O) groups excluding carboxylic acids is 1. The lowest BCUT2D eigenvalue weighted by Gasteiger charge is -2.26. The largest absolute Gasteiger partial charge is 0.492 e. The fourth-order valence-electron chi connectivity index (χ4n) is 4.33. The zero-order valence-electron chi connectivity index (χ0n) is 17.6. The normalized spacial score (nSPS) is 15.3. The van der Waals surface area contributed by atoms with E-state index in [2.05, 4.69) is 4.90 Å². The number of benzene rings is 2. The lowest BCUT2D eigenvalue weighted by Crippen LogP contribution is -2.38. The first-order valence-corrected chi connectivity index (χ1v) is 11.1. The Balaban J connectivity index is 1.41. The molecular formula is C25H24ClN3O3. The van der Waals surface area contributed by atoms with E-state index in [1.165, 1.54) is 0 Å². The van der Waals surface area contributed by atoms with E-state index in [1.54, 1.807) is 6.07 Å². The molecule has 0 spiro atoms. The second-order valence-electron chi connectivity index (χ2n) is 8.06. The monoisotopic (exact) mass is 449 g/mol. The first-order chi connectivity index (χ1) is 15.6. The SMILES string of the molecule is NC(=O)c1cc(-c2cccc(Cl)c2)nc2c1Cc1cc(OCCN3CCOCC3)ccc1-2. The molecule has 5 rings (SSSR count). The van der Waals surface area contributed by atoms with Crippen LogP contribution in [0.3, 0.4) is 0 Å². The summed E-state index contributed by atoms with van der Waals surface area (Å²) in [6.07, 6.45) is 0.604. The van der Waals surface area contributed by atoms with Crippen molar-refractivity contribution < 1.29 is 14.3 Å². The molecule has 164 valence electrons. The molecule has 1 fully saturated rings. The van der Waals surface area contributed by atoms with Gasteiger partial charge in [-0.1, -0.05) is 23.7 Å². The van der Waals surface area contributed by atoms with Crippen molar-refractivity contribution in [2.24, 2.45) is 5.73 Å². The molecule has 1 aromatic heterocycles. The lowest BCUT2D eigenvalue weighted by atomic mass is 10.0. The Morgan fingerprint density at radius 1 is 1.16 bits per heavy atom. The summed E-state index contributed by atoms with van der Waals surface area (Å²) in [6.45, 7) is 4.94. The Morgan fingerprint density at radius 2 is 2.00 bits per heavy atom. The van der Waals surface area contributed by atoms with Crippen LogP contribution in [-0.4, -0.2) is 55.2 Å². The van der Waals surface area contributed by atoms with Crippen LogP contribution in [0.15, 0.2) is 48.5 Å². The standard InChI is InChI=1S/C25H24ClN3O3/c26-18-3-1-2-16(12-18)23-15-22(25(27)30)21-14-17-13-19(4-5-20(17)24(21)28-23)32-11-8-29-6-9-31-10-7-29/h1-5,12-13,15H,6-11,14H2,(H2,27,30). The summed E-state index contributed by atoms with van der Waals surface area (Å²) in [6, 6.07) is 15.2. The highest BCUT2D eigenvalue weighted by molar-refractivity contribution is 6.30. The van der Waals surface area contributed by atoms with Gasteiger partial charge in [-0.15, -0.1) is 0 Å². The summed E-state index contributed by atoms with van der Waals surface area (Å²) in [5.74, 6) is 0.363. The van der Waals surface area contributed by atoms with Crippen molar-refractivity contribution in [3.05, 3.63) is 70.2 Å². The van der Waals surface area contributed by atoms with Crippen molar-refractivity contribution in [1.29, 1.82) is 0 Å². The topological polar surface area (TPSA) is 77.7 Å². The second kappa shape index (κ2) is 8.90. The third-order valence-corrected chi connectivity index (χ3v) is 6.22. The molecule has 1 aliphatic carbocycles. The molecule has 0 saturated carbocycles. The lowest BCUT2D eigenvalue weighted by molar-refractivity contribution is 0.0322. The number of aromatic nitrogens is 1. The summed E-state index contributed by atoms with van der Waals surface area (Å²) < 4.78 is 11.4. The Morgan fingerprint density at radius 3 is 2.78 bits per heavy atom. The Hall–Kier alpha value is -2.93. The minimum atomic E-state index is -0.457. The first kappa shape index (κ1) is 20.9. The van der Waals surface area contributed by atoms with Crippen LogP contribution in [0.5, 0.6) is 5.75 Å². The Bertz CT molecular complexity index is 1180. The number of amides is 1. The number of fused-ring (bicyclic) bond motifs is 3. The number of hydrogen-bond acceptors (Lipinski definition) is 5. The number of halogens is 1. The fraction of sp³-hybridized carbons (Fsp3) is 0.280. The summed E-state index contributed by atoms with van der Waals surface area (Å²) in [7, 11) is 0. The van der Waals surface area contributed by atoms with E-state index in [0.29, 0.717) is 29.3 Å². The molecule has 0 bridgehead atoms. The van der Waals surface area contributed by atoms with Crippen LogP contribution in [-0.2, 0) is 11.2 Å². The third-order valence-electron chi connectivity index (χ3n) is 5.99. The van der Waals surface area contributed by atoms with Gasteiger partial charge in [0.25, 0.3) is 0 Å². The van der Waals surface area contributed by atoms with Crippen LogP contribution >= 0.6 is 11.6 Å². The molecule has 1 aliphatic heterocycles. The van der Waals surface area contributed by atoms with Gasteiger partial charge in [0.2, 0.25) is 5.91 Å². The minimum Gasteiger partial charge on any atom is -0.492 e. The van der Waals surface area contributed by atoms with Crippen molar-refractivity contribution in [3.63, 3.8) is 0 Å². The predicted octanol–water partition coefficient (Wildman–Crippen LogP) is 3.78. The molecule has 6 nitrogen and oxygen atoms in total. The molecule has 0 unspecified atom stereocenters. The highest BCUT2D eigenvalue weighted by atomic mass is 35.5. The van der Waals surface area contributed by atoms with Crippen molar-refractivity contribution in [3.8, 4) is 28.3 Å². The number of nitrogens with zero attached hydrogens (tertiary/aromatic N) is 2. The van der Waals surface area contributed by atoms with E-state index >= 15 is 0 Å². The molecule has 1 saturated heterocycles. The molecule has 1 amide bonds. The van der Waals surface area contributed by atoms with E-state index in [1.807, 2.05) is 42.5 Å². The molecule has 3 aromatic rings. The van der Waals surface area contributed by atoms with Crippen LogP contribution in [0, 0.1) is 0 Å². The van der Waals surface area contributed by atoms with Crippen LogP contribution in [0.2, 0.25) is 5.02 Å². The third kappa shape index (κ3) is 4.21. The molecule has 2 N–H and O–H groups in total. The highest BCUT2D eigenvalue weighted by Gasteiger charge is 2.26. The number of carbonyl (C=O) groups is 1. The number of pyridine rings is 1. The van der Waals surface area contributed by atoms with Gasteiger partial charge in [-0.2, -0.15) is 0 Å². The van der Waals surface area contributed by atoms with E-state index in [-0.39, 0.29) is 0 Å². The van der Waals surface area contributed by atoms with Gasteiger partial charge in [-0.25, -0.2) is 4.98 Å². The maximum Gasteiger partial charge on any atom is 0.249 e. The number of primary amides is 1. The van der Waals surface area contributed by atoms with Gasteiger partial charge < -0.3 is 15.2 Å². The summed E-state index contributed by atoms with van der Waals surface area (Å²) in [5, 5.41) is 0.615. The predicted molar refractivity (Wildman–Crippen MR) is 124 cm³/mol. The smallest absolute Gasteiger partial charge is 0.249 e. The maximum atomic E-state index is 12.3.